The number of hydrogen-bond donors (Lipinski definition) is 1. The van der Waals surface area contributed by atoms with Crippen LogP contribution in [0.3, 0.4) is 0 Å². The quantitative estimate of drug-likeness (QED) is 0.856. The molecule has 0 aliphatic rings. The minimum absolute atomic E-state index is 0.228. The van der Waals surface area contributed by atoms with Crippen molar-refractivity contribution < 1.29 is 13.9 Å². The summed E-state index contributed by atoms with van der Waals surface area (Å²) in [5, 5.41) is 5.28. The van der Waals surface area contributed by atoms with E-state index in [0.29, 0.717) is 12.3 Å². The van der Waals surface area contributed by atoms with Crippen molar-refractivity contribution in [2.75, 3.05) is 7.11 Å². The molecule has 0 spiro atoms. The maximum absolute atomic E-state index is 11.2. The molecular formula is C12H12BrNO3S. The Kier molecular flexibility index (Phi) is 4.57. The highest BCUT2D eigenvalue weighted by Crippen LogP contribution is 2.22. The number of esters is 1. The van der Waals surface area contributed by atoms with E-state index in [-0.39, 0.29) is 5.76 Å². The van der Waals surface area contributed by atoms with Gasteiger partial charge in [-0.3, -0.25) is 0 Å². The summed E-state index contributed by atoms with van der Waals surface area (Å²) >= 11 is 5.16. The smallest absolute Gasteiger partial charge is 0.373 e. The van der Waals surface area contributed by atoms with Crippen molar-refractivity contribution in [3.8, 4) is 0 Å². The van der Waals surface area contributed by atoms with Crippen LogP contribution in [0.25, 0.3) is 0 Å². The topological polar surface area (TPSA) is 51.5 Å². The highest BCUT2D eigenvalue weighted by Gasteiger charge is 2.10. The molecule has 2 aromatic heterocycles. The predicted octanol–water partition coefficient (Wildman–Crippen LogP) is 3.18. The van der Waals surface area contributed by atoms with Gasteiger partial charge in [-0.2, -0.15) is 0 Å². The Morgan fingerprint density at radius 2 is 2.28 bits per heavy atom. The van der Waals surface area contributed by atoms with Gasteiger partial charge < -0.3 is 14.5 Å². The molecule has 2 aromatic rings. The van der Waals surface area contributed by atoms with Gasteiger partial charge in [-0.25, -0.2) is 4.79 Å². The van der Waals surface area contributed by atoms with Crippen LogP contribution >= 0.6 is 27.3 Å². The zero-order valence-electron chi connectivity index (χ0n) is 9.73. The fourth-order valence-corrected chi connectivity index (χ4v) is 2.90. The van der Waals surface area contributed by atoms with Gasteiger partial charge in [-0.05, 0) is 39.5 Å². The lowest BCUT2D eigenvalue weighted by atomic mass is 10.4. The molecule has 0 radical (unpaired) electrons. The van der Waals surface area contributed by atoms with Crippen LogP contribution in [0.15, 0.2) is 32.5 Å². The second kappa shape index (κ2) is 6.17. The molecule has 2 heterocycles. The minimum Gasteiger partial charge on any atom is -0.463 e. The Bertz CT molecular complexity index is 535. The third-order valence-corrected chi connectivity index (χ3v) is 4.25. The molecule has 0 saturated heterocycles. The Morgan fingerprint density at radius 3 is 2.94 bits per heavy atom. The van der Waals surface area contributed by atoms with E-state index < -0.39 is 5.97 Å². The normalized spacial score (nSPS) is 10.6. The molecule has 0 aliphatic heterocycles. The molecule has 0 aliphatic carbocycles. The fourth-order valence-electron chi connectivity index (χ4n) is 1.43. The van der Waals surface area contributed by atoms with Gasteiger partial charge in [-0.1, -0.05) is 0 Å². The van der Waals surface area contributed by atoms with Crippen molar-refractivity contribution in [3.05, 3.63) is 44.4 Å². The number of carbonyl (C=O) groups excluding carboxylic acids is 1. The molecule has 0 atom stereocenters. The first kappa shape index (κ1) is 13.3. The molecule has 1 N–H and O–H groups in total. The van der Waals surface area contributed by atoms with Gasteiger partial charge in [0, 0.05) is 15.9 Å². The molecule has 2 rings (SSSR count). The summed E-state index contributed by atoms with van der Waals surface area (Å²) in [6.45, 7) is 1.33. The molecule has 96 valence electrons. The Morgan fingerprint density at radius 1 is 1.44 bits per heavy atom. The monoisotopic (exact) mass is 329 g/mol. The predicted molar refractivity (Wildman–Crippen MR) is 72.6 cm³/mol. The Balaban J connectivity index is 1.85. The van der Waals surface area contributed by atoms with E-state index in [0.717, 1.165) is 11.0 Å². The maximum atomic E-state index is 11.2. The van der Waals surface area contributed by atoms with Gasteiger partial charge >= 0.3 is 5.97 Å². The van der Waals surface area contributed by atoms with Crippen molar-refractivity contribution in [1.82, 2.24) is 5.32 Å². The van der Waals surface area contributed by atoms with Gasteiger partial charge in [0.25, 0.3) is 0 Å². The average Bonchev–Trinajstić information content (AvgIpc) is 2.99. The standard InChI is InChI=1S/C12H12BrNO3S/c1-16-12(15)10-3-2-8(17-10)6-14-7-11-9(13)4-5-18-11/h2-5,14H,6-7H2,1H3. The van der Waals surface area contributed by atoms with Gasteiger partial charge in [0.15, 0.2) is 0 Å². The molecule has 6 heteroatoms. The third-order valence-electron chi connectivity index (χ3n) is 2.32. The first-order valence-corrected chi connectivity index (χ1v) is 6.97. The molecule has 18 heavy (non-hydrogen) atoms. The highest BCUT2D eigenvalue weighted by atomic mass is 79.9. The Hall–Kier alpha value is -1.11. The average molecular weight is 330 g/mol. The lowest BCUT2D eigenvalue weighted by molar-refractivity contribution is 0.0563. The zero-order valence-corrected chi connectivity index (χ0v) is 12.1. The summed E-state index contributed by atoms with van der Waals surface area (Å²) < 4.78 is 11.0. The van der Waals surface area contributed by atoms with E-state index in [2.05, 4.69) is 26.0 Å². The van der Waals surface area contributed by atoms with Gasteiger partial charge in [0.05, 0.1) is 13.7 Å². The van der Waals surface area contributed by atoms with Crippen LogP contribution in [-0.4, -0.2) is 13.1 Å². The van der Waals surface area contributed by atoms with E-state index in [4.69, 9.17) is 4.42 Å². The van der Waals surface area contributed by atoms with Crippen LogP contribution in [0.2, 0.25) is 0 Å². The van der Waals surface area contributed by atoms with Crippen molar-refractivity contribution in [2.24, 2.45) is 0 Å². The SMILES string of the molecule is COC(=O)c1ccc(CNCc2sccc2Br)o1. The number of furan rings is 1. The van der Waals surface area contributed by atoms with Crippen molar-refractivity contribution in [2.45, 2.75) is 13.1 Å². The summed E-state index contributed by atoms with van der Waals surface area (Å²) in [6, 6.07) is 5.40. The van der Waals surface area contributed by atoms with E-state index in [1.165, 1.54) is 12.0 Å². The number of rotatable bonds is 5. The summed E-state index contributed by atoms with van der Waals surface area (Å²) in [5.41, 5.74) is 0. The van der Waals surface area contributed by atoms with Crippen molar-refractivity contribution in [1.29, 1.82) is 0 Å². The lowest BCUT2D eigenvalue weighted by Crippen LogP contribution is -2.11. The van der Waals surface area contributed by atoms with E-state index in [1.54, 1.807) is 23.5 Å². The van der Waals surface area contributed by atoms with Crippen molar-refractivity contribution in [3.63, 3.8) is 0 Å². The highest BCUT2D eigenvalue weighted by molar-refractivity contribution is 9.10. The van der Waals surface area contributed by atoms with E-state index in [9.17, 15) is 4.79 Å². The van der Waals surface area contributed by atoms with Gasteiger partial charge in [-0.15, -0.1) is 11.3 Å². The van der Waals surface area contributed by atoms with Crippen LogP contribution < -0.4 is 5.32 Å². The lowest BCUT2D eigenvalue weighted by Gasteiger charge is -2.01. The van der Waals surface area contributed by atoms with Crippen LogP contribution in [0.1, 0.15) is 21.2 Å². The first-order valence-electron chi connectivity index (χ1n) is 5.30. The van der Waals surface area contributed by atoms with Gasteiger partial charge in [0.1, 0.15) is 5.76 Å². The molecule has 0 bridgehead atoms. The molecule has 0 amide bonds. The number of nitrogens with one attached hydrogen (secondary N) is 1. The van der Waals surface area contributed by atoms with Crippen LogP contribution in [0, 0.1) is 0 Å². The summed E-state index contributed by atoms with van der Waals surface area (Å²) in [6.07, 6.45) is 0. The fraction of sp³-hybridized carbons (Fsp3) is 0.250. The number of methoxy groups -OCH3 is 1. The first-order chi connectivity index (χ1) is 8.70. The minimum atomic E-state index is -0.456. The van der Waals surface area contributed by atoms with E-state index >= 15 is 0 Å². The van der Waals surface area contributed by atoms with Crippen LogP contribution in [0.4, 0.5) is 0 Å². The molecular weight excluding hydrogens is 318 g/mol. The maximum Gasteiger partial charge on any atom is 0.373 e. The van der Waals surface area contributed by atoms with Crippen LogP contribution in [-0.2, 0) is 17.8 Å². The summed E-state index contributed by atoms with van der Waals surface area (Å²) in [7, 11) is 1.33. The van der Waals surface area contributed by atoms with Gasteiger partial charge in [0.2, 0.25) is 5.76 Å². The number of ether oxygens (including phenoxy) is 1. The molecule has 0 unspecified atom stereocenters. The summed E-state index contributed by atoms with van der Waals surface area (Å²) in [5.74, 6) is 0.483. The third kappa shape index (κ3) is 3.22. The summed E-state index contributed by atoms with van der Waals surface area (Å²) in [4.78, 5) is 12.4. The number of halogens is 1. The molecule has 0 fully saturated rings. The number of hydrogen-bond acceptors (Lipinski definition) is 5. The second-order valence-corrected chi connectivity index (χ2v) is 5.41. The Labute approximate surface area is 117 Å². The number of carbonyl (C=O) groups is 1. The number of thiophene rings is 1. The molecule has 0 aromatic carbocycles. The second-order valence-electron chi connectivity index (χ2n) is 3.55. The molecule has 0 saturated carbocycles. The zero-order chi connectivity index (χ0) is 13.0. The van der Waals surface area contributed by atoms with E-state index in [1.807, 2.05) is 11.4 Å². The molecule has 4 nitrogen and oxygen atoms in total. The van der Waals surface area contributed by atoms with Crippen LogP contribution in [0.5, 0.6) is 0 Å². The van der Waals surface area contributed by atoms with Crippen molar-refractivity contribution >= 4 is 33.2 Å². The largest absolute Gasteiger partial charge is 0.463 e.